The first-order chi connectivity index (χ1) is 10.6. The van der Waals surface area contributed by atoms with E-state index < -0.39 is 0 Å². The molecule has 0 unspecified atom stereocenters. The summed E-state index contributed by atoms with van der Waals surface area (Å²) in [7, 11) is 5.77. The summed E-state index contributed by atoms with van der Waals surface area (Å²) in [6.07, 6.45) is 5.11. The van der Waals surface area contributed by atoms with Crippen molar-refractivity contribution in [2.75, 3.05) is 34.3 Å². The number of hydrogen-bond acceptors (Lipinski definition) is 3. The molecule has 0 saturated heterocycles. The zero-order valence-electron chi connectivity index (χ0n) is 14.0. The largest absolute Gasteiger partial charge is 0.497 e. The van der Waals surface area contributed by atoms with Gasteiger partial charge in [-0.3, -0.25) is 4.79 Å². The van der Waals surface area contributed by atoms with Gasteiger partial charge in [-0.15, -0.1) is 0 Å². The SMILES string of the molecule is COc1ccc(C2(C(=O)NCCCN(C)C)CCCC2)cc1. The molecule has 22 heavy (non-hydrogen) atoms. The van der Waals surface area contributed by atoms with Crippen LogP contribution in [0.1, 0.15) is 37.7 Å². The molecule has 1 aromatic rings. The van der Waals surface area contributed by atoms with Crippen LogP contribution < -0.4 is 10.1 Å². The molecule has 4 heteroatoms. The predicted octanol–water partition coefficient (Wildman–Crippen LogP) is 2.57. The lowest BCUT2D eigenvalue weighted by atomic mass is 9.78. The fraction of sp³-hybridized carbons (Fsp3) is 0.611. The Labute approximate surface area is 133 Å². The maximum Gasteiger partial charge on any atom is 0.230 e. The Morgan fingerprint density at radius 3 is 2.41 bits per heavy atom. The highest BCUT2D eigenvalue weighted by Gasteiger charge is 2.42. The summed E-state index contributed by atoms with van der Waals surface area (Å²) in [5.74, 6) is 1.03. The van der Waals surface area contributed by atoms with Gasteiger partial charge in [0.2, 0.25) is 5.91 Å². The smallest absolute Gasteiger partial charge is 0.230 e. The molecule has 1 aliphatic rings. The lowest BCUT2D eigenvalue weighted by Crippen LogP contribution is -2.43. The molecule has 0 heterocycles. The Morgan fingerprint density at radius 1 is 1.23 bits per heavy atom. The van der Waals surface area contributed by atoms with E-state index in [-0.39, 0.29) is 11.3 Å². The van der Waals surface area contributed by atoms with E-state index in [1.165, 1.54) is 0 Å². The molecule has 1 aromatic carbocycles. The molecule has 1 N–H and O–H groups in total. The van der Waals surface area contributed by atoms with Crippen molar-refractivity contribution in [3.63, 3.8) is 0 Å². The van der Waals surface area contributed by atoms with Crippen LogP contribution in [0.2, 0.25) is 0 Å². The second kappa shape index (κ2) is 7.63. The van der Waals surface area contributed by atoms with Crippen LogP contribution in [0.3, 0.4) is 0 Å². The topological polar surface area (TPSA) is 41.6 Å². The van der Waals surface area contributed by atoms with Crippen LogP contribution in [0.5, 0.6) is 5.75 Å². The van der Waals surface area contributed by atoms with Gasteiger partial charge in [-0.2, -0.15) is 0 Å². The lowest BCUT2D eigenvalue weighted by Gasteiger charge is -2.28. The van der Waals surface area contributed by atoms with E-state index in [1.807, 2.05) is 24.3 Å². The summed E-state index contributed by atoms with van der Waals surface area (Å²) in [5, 5.41) is 3.15. The Morgan fingerprint density at radius 2 is 1.86 bits per heavy atom. The molecule has 0 bridgehead atoms. The first-order valence-electron chi connectivity index (χ1n) is 8.16. The van der Waals surface area contributed by atoms with Crippen LogP contribution in [0.4, 0.5) is 0 Å². The standard InChI is InChI=1S/C18H28N2O2/c1-20(2)14-6-13-19-17(21)18(11-4-5-12-18)15-7-9-16(22-3)10-8-15/h7-10H,4-6,11-14H2,1-3H3,(H,19,21). The van der Waals surface area contributed by atoms with Gasteiger partial charge in [0.15, 0.2) is 0 Å². The van der Waals surface area contributed by atoms with Crippen molar-refractivity contribution >= 4 is 5.91 Å². The molecule has 1 amide bonds. The fourth-order valence-corrected chi connectivity index (χ4v) is 3.30. The van der Waals surface area contributed by atoms with E-state index in [0.29, 0.717) is 0 Å². The Bertz CT molecular complexity index is 476. The minimum Gasteiger partial charge on any atom is -0.497 e. The monoisotopic (exact) mass is 304 g/mol. The number of rotatable bonds is 7. The molecule has 1 aliphatic carbocycles. The molecule has 4 nitrogen and oxygen atoms in total. The number of carbonyl (C=O) groups excluding carboxylic acids is 1. The van der Waals surface area contributed by atoms with E-state index in [2.05, 4.69) is 24.3 Å². The van der Waals surface area contributed by atoms with Crippen molar-refractivity contribution in [3.8, 4) is 5.75 Å². The zero-order valence-corrected chi connectivity index (χ0v) is 14.0. The molecule has 1 fully saturated rings. The maximum absolute atomic E-state index is 12.8. The number of hydrogen-bond donors (Lipinski definition) is 1. The third kappa shape index (κ3) is 3.80. The van der Waals surface area contributed by atoms with Gasteiger partial charge in [0.1, 0.15) is 5.75 Å². The second-order valence-corrected chi connectivity index (χ2v) is 6.43. The van der Waals surface area contributed by atoms with Crippen LogP contribution in [-0.4, -0.2) is 45.1 Å². The molecule has 2 rings (SSSR count). The summed E-state index contributed by atoms with van der Waals surface area (Å²) in [6.45, 7) is 1.74. The van der Waals surface area contributed by atoms with Gasteiger partial charge in [0.05, 0.1) is 12.5 Å². The fourth-order valence-electron chi connectivity index (χ4n) is 3.30. The molecule has 0 atom stereocenters. The van der Waals surface area contributed by atoms with Gasteiger partial charge in [-0.1, -0.05) is 25.0 Å². The number of carbonyl (C=O) groups is 1. The van der Waals surface area contributed by atoms with Gasteiger partial charge in [-0.05, 0) is 57.6 Å². The molecule has 0 aromatic heterocycles. The Hall–Kier alpha value is -1.55. The summed E-state index contributed by atoms with van der Waals surface area (Å²) in [5.41, 5.74) is 0.778. The number of methoxy groups -OCH3 is 1. The Balaban J connectivity index is 2.05. The highest BCUT2D eigenvalue weighted by Crippen LogP contribution is 2.41. The quantitative estimate of drug-likeness (QED) is 0.787. The van der Waals surface area contributed by atoms with Gasteiger partial charge >= 0.3 is 0 Å². The minimum atomic E-state index is -0.343. The Kier molecular flexibility index (Phi) is 5.83. The average molecular weight is 304 g/mol. The molecule has 0 radical (unpaired) electrons. The van der Waals surface area contributed by atoms with E-state index >= 15 is 0 Å². The van der Waals surface area contributed by atoms with E-state index in [0.717, 1.165) is 56.5 Å². The van der Waals surface area contributed by atoms with Crippen molar-refractivity contribution in [2.45, 2.75) is 37.5 Å². The predicted molar refractivity (Wildman–Crippen MR) is 89.3 cm³/mol. The van der Waals surface area contributed by atoms with Crippen molar-refractivity contribution in [2.24, 2.45) is 0 Å². The van der Waals surface area contributed by atoms with Crippen molar-refractivity contribution < 1.29 is 9.53 Å². The summed E-state index contributed by atoms with van der Waals surface area (Å²) in [4.78, 5) is 15.0. The molecular weight excluding hydrogens is 276 g/mol. The normalized spacial score (nSPS) is 16.7. The van der Waals surface area contributed by atoms with Crippen LogP contribution in [0.15, 0.2) is 24.3 Å². The van der Waals surface area contributed by atoms with Crippen LogP contribution in [0, 0.1) is 0 Å². The number of amides is 1. The highest BCUT2D eigenvalue weighted by atomic mass is 16.5. The number of nitrogens with zero attached hydrogens (tertiary/aromatic N) is 1. The summed E-state index contributed by atoms with van der Waals surface area (Å²) < 4.78 is 5.22. The van der Waals surface area contributed by atoms with E-state index in [9.17, 15) is 4.79 Å². The highest BCUT2D eigenvalue weighted by molar-refractivity contribution is 5.88. The molecule has 0 spiro atoms. The maximum atomic E-state index is 12.8. The lowest BCUT2D eigenvalue weighted by molar-refractivity contribution is -0.126. The molecule has 0 aliphatic heterocycles. The van der Waals surface area contributed by atoms with Gasteiger partial charge in [-0.25, -0.2) is 0 Å². The van der Waals surface area contributed by atoms with Crippen molar-refractivity contribution in [3.05, 3.63) is 29.8 Å². The van der Waals surface area contributed by atoms with Crippen LogP contribution in [0.25, 0.3) is 0 Å². The summed E-state index contributed by atoms with van der Waals surface area (Å²) >= 11 is 0. The van der Waals surface area contributed by atoms with Gasteiger partial charge < -0.3 is 15.0 Å². The van der Waals surface area contributed by atoms with Gasteiger partial charge in [0.25, 0.3) is 0 Å². The van der Waals surface area contributed by atoms with Gasteiger partial charge in [0, 0.05) is 6.54 Å². The van der Waals surface area contributed by atoms with E-state index in [4.69, 9.17) is 4.74 Å². The summed E-state index contributed by atoms with van der Waals surface area (Å²) in [6, 6.07) is 8.00. The van der Waals surface area contributed by atoms with Crippen molar-refractivity contribution in [1.82, 2.24) is 10.2 Å². The first kappa shape index (κ1) is 16.8. The van der Waals surface area contributed by atoms with E-state index in [1.54, 1.807) is 7.11 Å². The second-order valence-electron chi connectivity index (χ2n) is 6.43. The third-order valence-electron chi connectivity index (χ3n) is 4.60. The first-order valence-corrected chi connectivity index (χ1v) is 8.16. The number of benzene rings is 1. The number of ether oxygens (including phenoxy) is 1. The molecule has 1 saturated carbocycles. The molecule has 122 valence electrons. The average Bonchev–Trinajstić information content (AvgIpc) is 3.02. The molecular formula is C18H28N2O2. The minimum absolute atomic E-state index is 0.189. The van der Waals surface area contributed by atoms with Crippen LogP contribution in [-0.2, 0) is 10.2 Å². The third-order valence-corrected chi connectivity index (χ3v) is 4.60. The zero-order chi connectivity index (χ0) is 16.0. The van der Waals surface area contributed by atoms with Crippen molar-refractivity contribution in [1.29, 1.82) is 0 Å². The number of nitrogens with one attached hydrogen (secondary N) is 1. The van der Waals surface area contributed by atoms with Crippen LogP contribution >= 0.6 is 0 Å².